The summed E-state index contributed by atoms with van der Waals surface area (Å²) in [5.74, 6) is 0.686. The molecule has 0 nitrogen and oxygen atoms in total. The second-order valence-corrected chi connectivity index (χ2v) is 4.62. The van der Waals surface area contributed by atoms with Crippen molar-refractivity contribution in [3.63, 3.8) is 0 Å². The van der Waals surface area contributed by atoms with Gasteiger partial charge in [-0.1, -0.05) is 13.0 Å². The SMILES string of the molecule is Cc1cc2c(c(F)c1C)CC(C)CC2. The zero-order valence-electron chi connectivity index (χ0n) is 9.15. The summed E-state index contributed by atoms with van der Waals surface area (Å²) < 4.78 is 13.9. The highest BCUT2D eigenvalue weighted by Crippen LogP contribution is 2.30. The monoisotopic (exact) mass is 192 g/mol. The van der Waals surface area contributed by atoms with Crippen molar-refractivity contribution in [3.8, 4) is 0 Å². The zero-order chi connectivity index (χ0) is 10.3. The van der Waals surface area contributed by atoms with E-state index in [4.69, 9.17) is 0 Å². The standard InChI is InChI=1S/C13H17F/c1-8-4-5-11-7-9(2)10(3)13(14)12(11)6-8/h7-8H,4-6H2,1-3H3. The summed E-state index contributed by atoms with van der Waals surface area (Å²) in [5.41, 5.74) is 4.14. The first-order chi connectivity index (χ1) is 6.59. The van der Waals surface area contributed by atoms with Crippen LogP contribution in [0.2, 0.25) is 0 Å². The van der Waals surface area contributed by atoms with E-state index >= 15 is 0 Å². The Balaban J connectivity index is 2.55. The van der Waals surface area contributed by atoms with Crippen LogP contribution in [-0.2, 0) is 12.8 Å². The Bertz CT molecular complexity index is 366. The summed E-state index contributed by atoms with van der Waals surface area (Å²) in [6.07, 6.45) is 3.17. The van der Waals surface area contributed by atoms with Gasteiger partial charge in [0.15, 0.2) is 0 Å². The van der Waals surface area contributed by atoms with E-state index in [9.17, 15) is 4.39 Å². The highest BCUT2D eigenvalue weighted by molar-refractivity contribution is 5.40. The van der Waals surface area contributed by atoms with E-state index in [1.165, 1.54) is 12.0 Å². The van der Waals surface area contributed by atoms with E-state index in [1.54, 1.807) is 0 Å². The van der Waals surface area contributed by atoms with Crippen LogP contribution in [0.1, 0.15) is 35.6 Å². The summed E-state index contributed by atoms with van der Waals surface area (Å²) in [7, 11) is 0. The Morgan fingerprint density at radius 1 is 1.36 bits per heavy atom. The first-order valence-electron chi connectivity index (χ1n) is 5.37. The molecule has 2 rings (SSSR count). The predicted molar refractivity (Wildman–Crippen MR) is 57.1 cm³/mol. The fourth-order valence-electron chi connectivity index (χ4n) is 2.29. The van der Waals surface area contributed by atoms with Gasteiger partial charge >= 0.3 is 0 Å². The Morgan fingerprint density at radius 2 is 2.07 bits per heavy atom. The summed E-state index contributed by atoms with van der Waals surface area (Å²) in [5, 5.41) is 0. The molecule has 1 atom stereocenters. The van der Waals surface area contributed by atoms with Crippen molar-refractivity contribution in [3.05, 3.63) is 34.1 Å². The van der Waals surface area contributed by atoms with Gasteiger partial charge in [-0.2, -0.15) is 0 Å². The van der Waals surface area contributed by atoms with Crippen molar-refractivity contribution in [1.29, 1.82) is 0 Å². The summed E-state index contributed by atoms with van der Waals surface area (Å²) >= 11 is 0. The molecule has 0 heterocycles. The molecule has 1 aliphatic carbocycles. The average molecular weight is 192 g/mol. The number of rotatable bonds is 0. The van der Waals surface area contributed by atoms with Crippen LogP contribution in [0.25, 0.3) is 0 Å². The van der Waals surface area contributed by atoms with Gasteiger partial charge < -0.3 is 0 Å². The van der Waals surface area contributed by atoms with E-state index < -0.39 is 0 Å². The number of hydrogen-bond donors (Lipinski definition) is 0. The van der Waals surface area contributed by atoms with E-state index in [-0.39, 0.29) is 5.82 Å². The van der Waals surface area contributed by atoms with Crippen LogP contribution in [0.15, 0.2) is 6.07 Å². The number of hydrogen-bond acceptors (Lipinski definition) is 0. The fourth-order valence-corrected chi connectivity index (χ4v) is 2.29. The van der Waals surface area contributed by atoms with Gasteiger partial charge in [0.25, 0.3) is 0 Å². The molecule has 0 bridgehead atoms. The lowest BCUT2D eigenvalue weighted by Gasteiger charge is -2.23. The Labute approximate surface area is 85.1 Å². The van der Waals surface area contributed by atoms with Crippen molar-refractivity contribution in [1.82, 2.24) is 0 Å². The van der Waals surface area contributed by atoms with Crippen molar-refractivity contribution >= 4 is 0 Å². The summed E-state index contributed by atoms with van der Waals surface area (Å²) in [6.45, 7) is 6.08. The van der Waals surface area contributed by atoms with Crippen molar-refractivity contribution < 1.29 is 4.39 Å². The van der Waals surface area contributed by atoms with Crippen LogP contribution in [0.4, 0.5) is 4.39 Å². The lowest BCUT2D eigenvalue weighted by molar-refractivity contribution is 0.475. The minimum atomic E-state index is 0.0477. The van der Waals surface area contributed by atoms with Gasteiger partial charge in [-0.3, -0.25) is 0 Å². The maximum atomic E-state index is 13.9. The molecule has 0 spiro atoms. The van der Waals surface area contributed by atoms with Crippen LogP contribution < -0.4 is 0 Å². The topological polar surface area (TPSA) is 0 Å². The van der Waals surface area contributed by atoms with Crippen LogP contribution in [0.5, 0.6) is 0 Å². The maximum Gasteiger partial charge on any atom is 0.129 e. The molecule has 0 amide bonds. The van der Waals surface area contributed by atoms with Gasteiger partial charge in [0.2, 0.25) is 0 Å². The van der Waals surface area contributed by atoms with E-state index in [2.05, 4.69) is 13.0 Å². The van der Waals surface area contributed by atoms with Crippen molar-refractivity contribution in [2.45, 2.75) is 40.0 Å². The maximum absolute atomic E-state index is 13.9. The molecule has 0 fully saturated rings. The molecule has 0 aliphatic heterocycles. The minimum absolute atomic E-state index is 0.0477. The molecule has 0 saturated heterocycles. The molecule has 1 aromatic carbocycles. The fraction of sp³-hybridized carbons (Fsp3) is 0.538. The van der Waals surface area contributed by atoms with Gasteiger partial charge in [-0.05, 0) is 61.3 Å². The van der Waals surface area contributed by atoms with E-state index in [0.29, 0.717) is 5.92 Å². The largest absolute Gasteiger partial charge is 0.206 e. The smallest absolute Gasteiger partial charge is 0.129 e. The lowest BCUT2D eigenvalue weighted by Crippen LogP contribution is -2.14. The second-order valence-electron chi connectivity index (χ2n) is 4.62. The van der Waals surface area contributed by atoms with Crippen molar-refractivity contribution in [2.24, 2.45) is 5.92 Å². The first-order valence-corrected chi connectivity index (χ1v) is 5.37. The highest BCUT2D eigenvalue weighted by Gasteiger charge is 2.20. The van der Waals surface area contributed by atoms with Crippen LogP contribution in [-0.4, -0.2) is 0 Å². The van der Waals surface area contributed by atoms with Crippen LogP contribution >= 0.6 is 0 Å². The molecular formula is C13H17F. The molecule has 0 aromatic heterocycles. The van der Waals surface area contributed by atoms with Crippen LogP contribution in [0.3, 0.4) is 0 Å². The third kappa shape index (κ3) is 1.45. The Morgan fingerprint density at radius 3 is 2.79 bits per heavy atom. The van der Waals surface area contributed by atoms with Gasteiger partial charge in [-0.25, -0.2) is 4.39 Å². The molecule has 0 radical (unpaired) electrons. The molecule has 1 heteroatoms. The highest BCUT2D eigenvalue weighted by atomic mass is 19.1. The van der Waals surface area contributed by atoms with E-state index in [0.717, 1.165) is 29.5 Å². The van der Waals surface area contributed by atoms with Crippen LogP contribution in [0, 0.1) is 25.6 Å². The Kier molecular flexibility index (Phi) is 2.34. The molecule has 76 valence electrons. The van der Waals surface area contributed by atoms with E-state index in [1.807, 2.05) is 13.8 Å². The first kappa shape index (κ1) is 9.70. The summed E-state index contributed by atoms with van der Waals surface area (Å²) in [6, 6.07) is 2.17. The molecule has 14 heavy (non-hydrogen) atoms. The molecule has 1 aromatic rings. The normalized spacial score (nSPS) is 20.7. The Hall–Kier alpha value is -0.850. The summed E-state index contributed by atoms with van der Waals surface area (Å²) in [4.78, 5) is 0. The third-order valence-corrected chi connectivity index (χ3v) is 3.42. The number of aryl methyl sites for hydroxylation is 2. The number of fused-ring (bicyclic) bond motifs is 1. The molecule has 0 N–H and O–H groups in total. The number of benzene rings is 1. The van der Waals surface area contributed by atoms with Crippen molar-refractivity contribution in [2.75, 3.05) is 0 Å². The zero-order valence-corrected chi connectivity index (χ0v) is 9.15. The molecule has 0 saturated carbocycles. The number of halogens is 1. The lowest BCUT2D eigenvalue weighted by atomic mass is 9.83. The average Bonchev–Trinajstić information content (AvgIpc) is 2.16. The quantitative estimate of drug-likeness (QED) is 0.589. The predicted octanol–water partition coefficient (Wildman–Crippen LogP) is 3.57. The third-order valence-electron chi connectivity index (χ3n) is 3.42. The van der Waals surface area contributed by atoms with Gasteiger partial charge in [0.05, 0.1) is 0 Å². The molecule has 1 unspecified atom stereocenters. The minimum Gasteiger partial charge on any atom is -0.206 e. The molecular weight excluding hydrogens is 175 g/mol. The van der Waals surface area contributed by atoms with Gasteiger partial charge in [0.1, 0.15) is 5.82 Å². The second kappa shape index (κ2) is 3.38. The van der Waals surface area contributed by atoms with Gasteiger partial charge in [0, 0.05) is 0 Å². The molecule has 1 aliphatic rings. The van der Waals surface area contributed by atoms with Gasteiger partial charge in [-0.15, -0.1) is 0 Å².